The van der Waals surface area contributed by atoms with Crippen LogP contribution in [0.5, 0.6) is 0 Å². The van der Waals surface area contributed by atoms with Crippen molar-refractivity contribution in [2.45, 2.75) is 20.4 Å². The Kier molecular flexibility index (Phi) is 3.61. The molecule has 1 aromatic carbocycles. The molecule has 0 aliphatic heterocycles. The highest BCUT2D eigenvalue weighted by Crippen LogP contribution is 2.15. The summed E-state index contributed by atoms with van der Waals surface area (Å²) in [6.07, 6.45) is 1.69. The largest absolute Gasteiger partial charge is 0.346 e. The van der Waals surface area contributed by atoms with Crippen molar-refractivity contribution in [3.63, 3.8) is 0 Å². The number of hydrogen-bond acceptors (Lipinski definition) is 5. The Bertz CT molecular complexity index is 1100. The van der Waals surface area contributed by atoms with Gasteiger partial charge in [-0.05, 0) is 44.2 Å². The average Bonchev–Trinajstić information content (AvgIpc) is 3.03. The van der Waals surface area contributed by atoms with Crippen molar-refractivity contribution in [3.8, 4) is 0 Å². The standard InChI is InChI=1S/C18H16N6O/c1-10-11(2)22-15-8-12(5-6-14(15)21-10)18(25)20-9-16-13-4-3-7-19-17(13)24-23-16/h3-8H,9H2,1-2H3,(H,20,25)(H,19,23,24). The van der Waals surface area contributed by atoms with Gasteiger partial charge in [-0.15, -0.1) is 0 Å². The number of pyridine rings is 1. The zero-order valence-electron chi connectivity index (χ0n) is 13.9. The summed E-state index contributed by atoms with van der Waals surface area (Å²) in [6.45, 7) is 4.18. The molecule has 0 unspecified atom stereocenters. The summed E-state index contributed by atoms with van der Waals surface area (Å²) >= 11 is 0. The maximum Gasteiger partial charge on any atom is 0.251 e. The lowest BCUT2D eigenvalue weighted by Gasteiger charge is -2.06. The van der Waals surface area contributed by atoms with E-state index in [0.717, 1.165) is 28.0 Å². The first-order valence-corrected chi connectivity index (χ1v) is 7.93. The van der Waals surface area contributed by atoms with Gasteiger partial charge in [0.05, 0.1) is 34.7 Å². The Morgan fingerprint density at radius 2 is 1.92 bits per heavy atom. The van der Waals surface area contributed by atoms with Crippen LogP contribution in [0.3, 0.4) is 0 Å². The molecule has 25 heavy (non-hydrogen) atoms. The SMILES string of the molecule is Cc1nc2ccc(C(=O)NCc3[nH]nc4ncccc34)cc2nc1C. The number of aromatic amines is 1. The topological polar surface area (TPSA) is 96.5 Å². The van der Waals surface area contributed by atoms with Crippen LogP contribution < -0.4 is 5.32 Å². The van der Waals surface area contributed by atoms with Crippen LogP contribution in [0, 0.1) is 13.8 Å². The van der Waals surface area contributed by atoms with Gasteiger partial charge >= 0.3 is 0 Å². The van der Waals surface area contributed by atoms with E-state index in [9.17, 15) is 4.79 Å². The minimum atomic E-state index is -0.173. The van der Waals surface area contributed by atoms with E-state index in [2.05, 4.69) is 30.5 Å². The molecule has 124 valence electrons. The minimum Gasteiger partial charge on any atom is -0.346 e. The Balaban J connectivity index is 1.56. The number of H-pyrrole nitrogens is 1. The molecule has 4 rings (SSSR count). The smallest absolute Gasteiger partial charge is 0.251 e. The first-order chi connectivity index (χ1) is 12.1. The first kappa shape index (κ1) is 15.2. The Morgan fingerprint density at radius 1 is 1.12 bits per heavy atom. The molecule has 7 heteroatoms. The van der Waals surface area contributed by atoms with Crippen LogP contribution in [-0.4, -0.2) is 31.1 Å². The summed E-state index contributed by atoms with van der Waals surface area (Å²) in [5.41, 5.74) is 5.26. The molecule has 7 nitrogen and oxygen atoms in total. The number of benzene rings is 1. The Morgan fingerprint density at radius 3 is 2.76 bits per heavy atom. The molecular formula is C18H16N6O. The van der Waals surface area contributed by atoms with Crippen LogP contribution in [0.15, 0.2) is 36.5 Å². The van der Waals surface area contributed by atoms with Crippen molar-refractivity contribution in [1.82, 2.24) is 30.5 Å². The fourth-order valence-corrected chi connectivity index (χ4v) is 2.68. The van der Waals surface area contributed by atoms with Crippen LogP contribution in [0.1, 0.15) is 27.4 Å². The second kappa shape index (κ2) is 5.94. The van der Waals surface area contributed by atoms with E-state index in [1.54, 1.807) is 18.3 Å². The summed E-state index contributed by atoms with van der Waals surface area (Å²) in [7, 11) is 0. The third-order valence-electron chi connectivity index (χ3n) is 4.17. The molecule has 0 aliphatic carbocycles. The molecule has 0 aliphatic rings. The highest BCUT2D eigenvalue weighted by Gasteiger charge is 2.11. The molecule has 3 aromatic heterocycles. The molecule has 0 atom stereocenters. The molecule has 0 spiro atoms. The number of nitrogens with one attached hydrogen (secondary N) is 2. The van der Waals surface area contributed by atoms with Gasteiger partial charge in [0.25, 0.3) is 5.91 Å². The van der Waals surface area contributed by atoms with Crippen LogP contribution in [0.4, 0.5) is 0 Å². The van der Waals surface area contributed by atoms with Gasteiger partial charge < -0.3 is 5.32 Å². The van der Waals surface area contributed by atoms with Crippen LogP contribution >= 0.6 is 0 Å². The van der Waals surface area contributed by atoms with Gasteiger partial charge in [-0.25, -0.2) is 15.0 Å². The van der Waals surface area contributed by atoms with Gasteiger partial charge in [0, 0.05) is 17.1 Å². The maximum absolute atomic E-state index is 12.5. The number of carbonyl (C=O) groups is 1. The van der Waals surface area contributed by atoms with E-state index in [4.69, 9.17) is 0 Å². The molecule has 0 bridgehead atoms. The number of hydrogen-bond donors (Lipinski definition) is 2. The number of amides is 1. The quantitative estimate of drug-likeness (QED) is 0.601. The van der Waals surface area contributed by atoms with Crippen molar-refractivity contribution in [1.29, 1.82) is 0 Å². The fraction of sp³-hybridized carbons (Fsp3) is 0.167. The molecule has 2 N–H and O–H groups in total. The van der Waals surface area contributed by atoms with Gasteiger partial charge in [-0.2, -0.15) is 5.10 Å². The van der Waals surface area contributed by atoms with Gasteiger partial charge in [-0.1, -0.05) is 0 Å². The molecule has 0 fully saturated rings. The third kappa shape index (κ3) is 2.80. The van der Waals surface area contributed by atoms with E-state index in [-0.39, 0.29) is 5.91 Å². The predicted octanol–water partition coefficient (Wildman–Crippen LogP) is 2.45. The number of nitrogens with zero attached hydrogens (tertiary/aromatic N) is 4. The molecule has 1 amide bonds. The van der Waals surface area contributed by atoms with E-state index in [1.807, 2.05) is 32.0 Å². The first-order valence-electron chi connectivity index (χ1n) is 7.93. The lowest BCUT2D eigenvalue weighted by atomic mass is 10.1. The second-order valence-electron chi connectivity index (χ2n) is 5.86. The highest BCUT2D eigenvalue weighted by atomic mass is 16.1. The zero-order chi connectivity index (χ0) is 17.4. The van der Waals surface area contributed by atoms with Crippen LogP contribution in [0.25, 0.3) is 22.1 Å². The van der Waals surface area contributed by atoms with Crippen molar-refractivity contribution >= 4 is 28.0 Å². The normalized spacial score (nSPS) is 11.1. The monoisotopic (exact) mass is 332 g/mol. The fourth-order valence-electron chi connectivity index (χ4n) is 2.68. The summed E-state index contributed by atoms with van der Waals surface area (Å²) in [5, 5.41) is 10.8. The number of aryl methyl sites for hydroxylation is 2. The van der Waals surface area contributed by atoms with Gasteiger partial charge in [0.2, 0.25) is 0 Å². The number of fused-ring (bicyclic) bond motifs is 2. The average molecular weight is 332 g/mol. The highest BCUT2D eigenvalue weighted by molar-refractivity contribution is 5.97. The minimum absolute atomic E-state index is 0.173. The van der Waals surface area contributed by atoms with E-state index >= 15 is 0 Å². The molecule has 3 heterocycles. The number of carbonyl (C=O) groups excluding carboxylic acids is 1. The summed E-state index contributed by atoms with van der Waals surface area (Å²) < 4.78 is 0. The van der Waals surface area contributed by atoms with Crippen LogP contribution in [0.2, 0.25) is 0 Å². The Hall–Kier alpha value is -3.35. The van der Waals surface area contributed by atoms with Crippen molar-refractivity contribution < 1.29 is 4.79 Å². The lowest BCUT2D eigenvalue weighted by molar-refractivity contribution is 0.0950. The van der Waals surface area contributed by atoms with Crippen molar-refractivity contribution in [2.75, 3.05) is 0 Å². The van der Waals surface area contributed by atoms with Crippen LogP contribution in [-0.2, 0) is 6.54 Å². The second-order valence-corrected chi connectivity index (χ2v) is 5.86. The van der Waals surface area contributed by atoms with Crippen molar-refractivity contribution in [2.24, 2.45) is 0 Å². The van der Waals surface area contributed by atoms with Gasteiger partial charge in [0.15, 0.2) is 5.65 Å². The number of aromatic nitrogens is 5. The Labute approximate surface area is 143 Å². The van der Waals surface area contributed by atoms with E-state index in [0.29, 0.717) is 23.3 Å². The molecule has 4 aromatic rings. The lowest BCUT2D eigenvalue weighted by Crippen LogP contribution is -2.23. The van der Waals surface area contributed by atoms with Gasteiger partial charge in [0.1, 0.15) is 0 Å². The van der Waals surface area contributed by atoms with E-state index < -0.39 is 0 Å². The summed E-state index contributed by atoms with van der Waals surface area (Å²) in [6, 6.07) is 9.10. The third-order valence-corrected chi connectivity index (χ3v) is 4.17. The molecule has 0 saturated carbocycles. The molecular weight excluding hydrogens is 316 g/mol. The number of rotatable bonds is 3. The predicted molar refractivity (Wildman–Crippen MR) is 94.1 cm³/mol. The molecule has 0 saturated heterocycles. The zero-order valence-corrected chi connectivity index (χ0v) is 13.9. The maximum atomic E-state index is 12.5. The van der Waals surface area contributed by atoms with Crippen molar-refractivity contribution in [3.05, 3.63) is 59.2 Å². The van der Waals surface area contributed by atoms with E-state index in [1.165, 1.54) is 0 Å². The summed E-state index contributed by atoms with van der Waals surface area (Å²) in [5.74, 6) is -0.173. The molecule has 0 radical (unpaired) electrons. The van der Waals surface area contributed by atoms with Gasteiger partial charge in [-0.3, -0.25) is 9.89 Å². The summed E-state index contributed by atoms with van der Waals surface area (Å²) in [4.78, 5) is 25.6.